The number of carbonyl (C=O) groups is 3. The van der Waals surface area contributed by atoms with Crippen molar-refractivity contribution in [2.75, 3.05) is 13.2 Å². The van der Waals surface area contributed by atoms with E-state index in [0.29, 0.717) is 16.9 Å². The number of hydrazone groups is 1. The standard InChI is InChI=1S/C18H17N3O5/c22-16(11-19-18(25)13-6-2-1-3-7-13)21-20-10-14-8-4-5-9-15(14)26-12-17(23)24/h1-10H,11-12H2,(H,19,25)(H,21,22)(H,23,24)/b20-10+. The van der Waals surface area contributed by atoms with E-state index in [0.717, 1.165) is 0 Å². The summed E-state index contributed by atoms with van der Waals surface area (Å²) in [7, 11) is 0. The normalized spacial score (nSPS) is 10.3. The molecule has 3 N–H and O–H groups in total. The van der Waals surface area contributed by atoms with Crippen LogP contribution in [0.1, 0.15) is 15.9 Å². The average molecular weight is 355 g/mol. The Hall–Kier alpha value is -3.68. The third-order valence-electron chi connectivity index (χ3n) is 3.11. The highest BCUT2D eigenvalue weighted by Gasteiger charge is 2.07. The number of nitrogens with one attached hydrogen (secondary N) is 2. The van der Waals surface area contributed by atoms with Crippen molar-refractivity contribution < 1.29 is 24.2 Å². The van der Waals surface area contributed by atoms with Crippen molar-refractivity contribution in [3.63, 3.8) is 0 Å². The highest BCUT2D eigenvalue weighted by atomic mass is 16.5. The van der Waals surface area contributed by atoms with E-state index < -0.39 is 18.5 Å². The monoisotopic (exact) mass is 355 g/mol. The van der Waals surface area contributed by atoms with Crippen molar-refractivity contribution in [3.05, 3.63) is 65.7 Å². The SMILES string of the molecule is O=C(O)COc1ccccc1/C=N/NC(=O)CNC(=O)c1ccccc1. The van der Waals surface area contributed by atoms with Crippen LogP contribution >= 0.6 is 0 Å². The lowest BCUT2D eigenvalue weighted by molar-refractivity contribution is -0.139. The highest BCUT2D eigenvalue weighted by molar-refractivity contribution is 5.96. The Morgan fingerprint density at radius 2 is 1.73 bits per heavy atom. The quantitative estimate of drug-likeness (QED) is 0.483. The minimum atomic E-state index is -1.10. The van der Waals surface area contributed by atoms with Gasteiger partial charge in [0.15, 0.2) is 6.61 Å². The molecule has 0 radical (unpaired) electrons. The Morgan fingerprint density at radius 1 is 1.04 bits per heavy atom. The molecule has 0 heterocycles. The molecule has 0 aromatic heterocycles. The second-order valence-corrected chi connectivity index (χ2v) is 5.06. The maximum absolute atomic E-state index is 11.8. The third-order valence-corrected chi connectivity index (χ3v) is 3.11. The van der Waals surface area contributed by atoms with Gasteiger partial charge in [-0.1, -0.05) is 30.3 Å². The Bertz CT molecular complexity index is 805. The van der Waals surface area contributed by atoms with E-state index in [2.05, 4.69) is 15.8 Å². The summed E-state index contributed by atoms with van der Waals surface area (Å²) in [5.41, 5.74) is 3.23. The Balaban J connectivity index is 1.83. The zero-order valence-corrected chi connectivity index (χ0v) is 13.7. The number of para-hydroxylation sites is 1. The summed E-state index contributed by atoms with van der Waals surface area (Å²) < 4.78 is 5.12. The maximum Gasteiger partial charge on any atom is 0.341 e. The van der Waals surface area contributed by atoms with Gasteiger partial charge < -0.3 is 15.2 Å². The Labute approximate surface area is 149 Å². The molecular formula is C18H17N3O5. The smallest absolute Gasteiger partial charge is 0.341 e. The number of hydrogen-bond donors (Lipinski definition) is 3. The second-order valence-electron chi connectivity index (χ2n) is 5.06. The van der Waals surface area contributed by atoms with Crippen LogP contribution in [0.15, 0.2) is 59.7 Å². The number of rotatable bonds is 8. The van der Waals surface area contributed by atoms with E-state index in [1.54, 1.807) is 54.6 Å². The van der Waals surface area contributed by atoms with Crippen molar-refractivity contribution in [3.8, 4) is 5.75 Å². The molecule has 2 amide bonds. The Morgan fingerprint density at radius 3 is 2.46 bits per heavy atom. The van der Waals surface area contributed by atoms with Gasteiger partial charge in [-0.05, 0) is 24.3 Å². The molecule has 0 unspecified atom stereocenters. The molecule has 2 aromatic carbocycles. The van der Waals surface area contributed by atoms with Crippen molar-refractivity contribution >= 4 is 24.0 Å². The van der Waals surface area contributed by atoms with Crippen LogP contribution in [0.4, 0.5) is 0 Å². The number of benzene rings is 2. The van der Waals surface area contributed by atoms with E-state index in [1.807, 2.05) is 0 Å². The molecule has 0 bridgehead atoms. The van der Waals surface area contributed by atoms with Crippen molar-refractivity contribution in [2.24, 2.45) is 5.10 Å². The maximum atomic E-state index is 11.8. The van der Waals surface area contributed by atoms with Gasteiger partial charge in [0.25, 0.3) is 11.8 Å². The number of amides is 2. The zero-order valence-electron chi connectivity index (χ0n) is 13.7. The number of nitrogens with zero attached hydrogens (tertiary/aromatic N) is 1. The van der Waals surface area contributed by atoms with Gasteiger partial charge in [0, 0.05) is 11.1 Å². The van der Waals surface area contributed by atoms with Crippen molar-refractivity contribution in [2.45, 2.75) is 0 Å². The molecule has 8 nitrogen and oxygen atoms in total. The average Bonchev–Trinajstić information content (AvgIpc) is 2.66. The fraction of sp³-hybridized carbons (Fsp3) is 0.111. The lowest BCUT2D eigenvalue weighted by Crippen LogP contribution is -2.34. The number of carboxylic acids is 1. The first-order valence-electron chi connectivity index (χ1n) is 7.65. The second kappa shape index (κ2) is 9.58. The molecule has 0 saturated carbocycles. The summed E-state index contributed by atoms with van der Waals surface area (Å²) in [4.78, 5) is 34.1. The molecule has 0 aliphatic rings. The van der Waals surface area contributed by atoms with Gasteiger partial charge in [-0.2, -0.15) is 5.10 Å². The summed E-state index contributed by atoms with van der Waals surface area (Å²) in [6.45, 7) is -0.717. The summed E-state index contributed by atoms with van der Waals surface area (Å²) in [6.07, 6.45) is 1.33. The molecule has 0 atom stereocenters. The fourth-order valence-corrected chi connectivity index (χ4v) is 1.92. The number of ether oxygens (including phenoxy) is 1. The van der Waals surface area contributed by atoms with Crippen LogP contribution in [0, 0.1) is 0 Å². The van der Waals surface area contributed by atoms with Gasteiger partial charge in [-0.25, -0.2) is 10.2 Å². The van der Waals surface area contributed by atoms with Gasteiger partial charge in [-0.3, -0.25) is 9.59 Å². The van der Waals surface area contributed by atoms with E-state index in [9.17, 15) is 14.4 Å². The first kappa shape index (κ1) is 18.7. The predicted molar refractivity (Wildman–Crippen MR) is 94.1 cm³/mol. The largest absolute Gasteiger partial charge is 0.481 e. The molecule has 26 heavy (non-hydrogen) atoms. The van der Waals surface area contributed by atoms with E-state index in [-0.39, 0.29) is 12.5 Å². The summed E-state index contributed by atoms with van der Waals surface area (Å²) in [6, 6.07) is 15.2. The van der Waals surface area contributed by atoms with Crippen molar-refractivity contribution in [1.82, 2.24) is 10.7 Å². The molecular weight excluding hydrogens is 338 g/mol. The molecule has 2 rings (SSSR count). The minimum absolute atomic E-state index is 0.234. The summed E-state index contributed by atoms with van der Waals surface area (Å²) >= 11 is 0. The molecule has 134 valence electrons. The van der Waals surface area contributed by atoms with E-state index in [1.165, 1.54) is 6.21 Å². The van der Waals surface area contributed by atoms with Crippen LogP contribution in [0.5, 0.6) is 5.75 Å². The van der Waals surface area contributed by atoms with Crippen LogP contribution in [-0.2, 0) is 9.59 Å². The summed E-state index contributed by atoms with van der Waals surface area (Å²) in [5, 5.41) is 14.9. The van der Waals surface area contributed by atoms with Crippen molar-refractivity contribution in [1.29, 1.82) is 0 Å². The first-order valence-corrected chi connectivity index (χ1v) is 7.65. The zero-order chi connectivity index (χ0) is 18.8. The number of aliphatic carboxylic acids is 1. The molecule has 0 spiro atoms. The van der Waals surface area contributed by atoms with Gasteiger partial charge in [0.2, 0.25) is 0 Å². The predicted octanol–water partition coefficient (Wildman–Crippen LogP) is 1.03. The van der Waals surface area contributed by atoms with Gasteiger partial charge in [0.05, 0.1) is 12.8 Å². The fourth-order valence-electron chi connectivity index (χ4n) is 1.92. The van der Waals surface area contributed by atoms with Gasteiger partial charge in [-0.15, -0.1) is 0 Å². The lowest BCUT2D eigenvalue weighted by Gasteiger charge is -2.06. The molecule has 8 heteroatoms. The molecule has 0 aliphatic heterocycles. The molecule has 0 saturated heterocycles. The summed E-state index contributed by atoms with van der Waals surface area (Å²) in [5.74, 6) is -1.64. The highest BCUT2D eigenvalue weighted by Crippen LogP contribution is 2.15. The van der Waals surface area contributed by atoms with Crippen LogP contribution < -0.4 is 15.5 Å². The topological polar surface area (TPSA) is 117 Å². The third kappa shape index (κ3) is 6.08. The van der Waals surface area contributed by atoms with Gasteiger partial charge in [0.1, 0.15) is 5.75 Å². The number of hydrogen-bond acceptors (Lipinski definition) is 5. The van der Waals surface area contributed by atoms with E-state index >= 15 is 0 Å². The molecule has 0 fully saturated rings. The number of carboxylic acid groups (broad SMARTS) is 1. The van der Waals surface area contributed by atoms with E-state index in [4.69, 9.17) is 9.84 Å². The number of carbonyl (C=O) groups excluding carboxylic acids is 2. The van der Waals surface area contributed by atoms with Crippen LogP contribution in [0.2, 0.25) is 0 Å². The minimum Gasteiger partial charge on any atom is -0.481 e. The van der Waals surface area contributed by atoms with Crippen LogP contribution in [-0.4, -0.2) is 42.3 Å². The lowest BCUT2D eigenvalue weighted by atomic mass is 10.2. The Kier molecular flexibility index (Phi) is 6.87. The molecule has 2 aromatic rings. The first-order chi connectivity index (χ1) is 12.6. The van der Waals surface area contributed by atoms with Crippen LogP contribution in [0.25, 0.3) is 0 Å². The van der Waals surface area contributed by atoms with Crippen LogP contribution in [0.3, 0.4) is 0 Å². The van der Waals surface area contributed by atoms with Gasteiger partial charge >= 0.3 is 5.97 Å². The molecule has 0 aliphatic carbocycles.